The molecule has 2 saturated heterocycles. The number of amides is 1. The van der Waals surface area contributed by atoms with Crippen molar-refractivity contribution in [1.29, 1.82) is 0 Å². The Bertz CT molecular complexity index is 322. The SMILES string of the molecule is CC(=O)N1CC(CC(=O)O)CC12CCOCC2. The zero-order valence-electron chi connectivity index (χ0n) is 10.1. The monoisotopic (exact) mass is 241 g/mol. The molecule has 2 aliphatic heterocycles. The number of likely N-dealkylation sites (tertiary alicyclic amines) is 1. The molecule has 0 aromatic heterocycles. The third kappa shape index (κ3) is 2.44. The van der Waals surface area contributed by atoms with Gasteiger partial charge in [0.05, 0.1) is 0 Å². The van der Waals surface area contributed by atoms with Crippen molar-refractivity contribution in [3.05, 3.63) is 0 Å². The Labute approximate surface area is 101 Å². The minimum Gasteiger partial charge on any atom is -0.481 e. The second-order valence-electron chi connectivity index (χ2n) is 5.13. The molecule has 2 fully saturated rings. The number of carboxylic acid groups (broad SMARTS) is 1. The number of ether oxygens (including phenoxy) is 1. The maximum atomic E-state index is 11.7. The highest BCUT2D eigenvalue weighted by Crippen LogP contribution is 2.41. The molecule has 1 N–H and O–H groups in total. The average Bonchev–Trinajstić information content (AvgIpc) is 2.57. The van der Waals surface area contributed by atoms with E-state index in [1.807, 2.05) is 4.90 Å². The molecule has 1 spiro atoms. The number of hydrogen-bond donors (Lipinski definition) is 1. The zero-order valence-corrected chi connectivity index (χ0v) is 10.1. The molecule has 0 bridgehead atoms. The standard InChI is InChI=1S/C12H19NO4/c1-9(14)13-8-10(6-11(15)16)7-12(13)2-4-17-5-3-12/h10H,2-8H2,1H3,(H,15,16). The molecular weight excluding hydrogens is 222 g/mol. The first kappa shape index (κ1) is 12.4. The molecule has 0 radical (unpaired) electrons. The third-order valence-corrected chi connectivity index (χ3v) is 3.95. The van der Waals surface area contributed by atoms with Crippen LogP contribution in [0.15, 0.2) is 0 Å². The number of carbonyl (C=O) groups excluding carboxylic acids is 1. The van der Waals surface area contributed by atoms with Crippen LogP contribution in [0.4, 0.5) is 0 Å². The lowest BCUT2D eigenvalue weighted by molar-refractivity contribution is -0.139. The van der Waals surface area contributed by atoms with E-state index in [2.05, 4.69) is 0 Å². The predicted molar refractivity (Wildman–Crippen MR) is 60.5 cm³/mol. The molecule has 2 heterocycles. The van der Waals surface area contributed by atoms with Gasteiger partial charge < -0.3 is 14.7 Å². The zero-order chi connectivity index (χ0) is 12.5. The summed E-state index contributed by atoms with van der Waals surface area (Å²) in [6, 6.07) is 0. The van der Waals surface area contributed by atoms with E-state index in [1.54, 1.807) is 6.92 Å². The van der Waals surface area contributed by atoms with Crippen molar-refractivity contribution in [1.82, 2.24) is 4.90 Å². The van der Waals surface area contributed by atoms with E-state index in [4.69, 9.17) is 9.84 Å². The summed E-state index contributed by atoms with van der Waals surface area (Å²) < 4.78 is 5.35. The molecule has 1 amide bonds. The summed E-state index contributed by atoms with van der Waals surface area (Å²) >= 11 is 0. The number of rotatable bonds is 2. The maximum Gasteiger partial charge on any atom is 0.303 e. The van der Waals surface area contributed by atoms with Crippen molar-refractivity contribution < 1.29 is 19.4 Å². The maximum absolute atomic E-state index is 11.7. The third-order valence-electron chi connectivity index (χ3n) is 3.95. The summed E-state index contributed by atoms with van der Waals surface area (Å²) in [5, 5.41) is 8.86. The van der Waals surface area contributed by atoms with Crippen LogP contribution in [0.25, 0.3) is 0 Å². The van der Waals surface area contributed by atoms with E-state index in [1.165, 1.54) is 0 Å². The van der Waals surface area contributed by atoms with Crippen LogP contribution in [0.2, 0.25) is 0 Å². The highest BCUT2D eigenvalue weighted by atomic mass is 16.5. The summed E-state index contributed by atoms with van der Waals surface area (Å²) in [4.78, 5) is 24.3. The fourth-order valence-electron chi connectivity index (χ4n) is 3.24. The smallest absolute Gasteiger partial charge is 0.303 e. The van der Waals surface area contributed by atoms with Gasteiger partial charge >= 0.3 is 5.97 Å². The van der Waals surface area contributed by atoms with Gasteiger partial charge in [-0.05, 0) is 25.2 Å². The van der Waals surface area contributed by atoms with Gasteiger partial charge in [-0.15, -0.1) is 0 Å². The van der Waals surface area contributed by atoms with Crippen LogP contribution in [0.3, 0.4) is 0 Å². The Morgan fingerprint density at radius 3 is 2.59 bits per heavy atom. The molecule has 96 valence electrons. The molecule has 0 aromatic carbocycles. The van der Waals surface area contributed by atoms with E-state index in [0.29, 0.717) is 19.8 Å². The molecular formula is C12H19NO4. The fraction of sp³-hybridized carbons (Fsp3) is 0.833. The summed E-state index contributed by atoms with van der Waals surface area (Å²) in [6.07, 6.45) is 2.64. The van der Waals surface area contributed by atoms with Gasteiger partial charge in [0.25, 0.3) is 0 Å². The number of hydrogen-bond acceptors (Lipinski definition) is 3. The molecule has 0 saturated carbocycles. The van der Waals surface area contributed by atoms with E-state index in [0.717, 1.165) is 19.3 Å². The number of carbonyl (C=O) groups is 2. The fourth-order valence-corrected chi connectivity index (χ4v) is 3.24. The largest absolute Gasteiger partial charge is 0.481 e. The van der Waals surface area contributed by atoms with Crippen LogP contribution in [0, 0.1) is 5.92 Å². The lowest BCUT2D eigenvalue weighted by Crippen LogP contribution is -2.49. The number of nitrogens with zero attached hydrogens (tertiary/aromatic N) is 1. The summed E-state index contributed by atoms with van der Waals surface area (Å²) in [7, 11) is 0. The summed E-state index contributed by atoms with van der Waals surface area (Å²) in [5.74, 6) is -0.628. The van der Waals surface area contributed by atoms with E-state index in [-0.39, 0.29) is 23.8 Å². The van der Waals surface area contributed by atoms with Gasteiger partial charge in [0.2, 0.25) is 5.91 Å². The Hall–Kier alpha value is -1.10. The van der Waals surface area contributed by atoms with Crippen LogP contribution in [0.5, 0.6) is 0 Å². The van der Waals surface area contributed by atoms with Crippen molar-refractivity contribution in [2.75, 3.05) is 19.8 Å². The second kappa shape index (κ2) is 4.64. The van der Waals surface area contributed by atoms with Crippen molar-refractivity contribution in [2.24, 2.45) is 5.92 Å². The number of aliphatic carboxylic acids is 1. The van der Waals surface area contributed by atoms with E-state index in [9.17, 15) is 9.59 Å². The molecule has 5 heteroatoms. The highest BCUT2D eigenvalue weighted by Gasteiger charge is 2.47. The van der Waals surface area contributed by atoms with Gasteiger partial charge in [-0.1, -0.05) is 0 Å². The van der Waals surface area contributed by atoms with E-state index >= 15 is 0 Å². The normalized spacial score (nSPS) is 27.4. The van der Waals surface area contributed by atoms with Gasteiger partial charge in [-0.25, -0.2) is 0 Å². The van der Waals surface area contributed by atoms with Gasteiger partial charge in [-0.2, -0.15) is 0 Å². The van der Waals surface area contributed by atoms with Crippen molar-refractivity contribution in [3.63, 3.8) is 0 Å². The van der Waals surface area contributed by atoms with Crippen LogP contribution >= 0.6 is 0 Å². The molecule has 5 nitrogen and oxygen atoms in total. The molecule has 1 atom stereocenters. The van der Waals surface area contributed by atoms with Gasteiger partial charge in [0.1, 0.15) is 0 Å². The predicted octanol–water partition coefficient (Wildman–Crippen LogP) is 0.879. The van der Waals surface area contributed by atoms with E-state index < -0.39 is 5.97 Å². The first-order valence-electron chi connectivity index (χ1n) is 6.11. The minimum atomic E-state index is -0.775. The Morgan fingerprint density at radius 1 is 1.41 bits per heavy atom. The summed E-state index contributed by atoms with van der Waals surface area (Å²) in [5.41, 5.74) is -0.135. The van der Waals surface area contributed by atoms with Crippen molar-refractivity contribution >= 4 is 11.9 Å². The Kier molecular flexibility index (Phi) is 3.38. The Balaban J connectivity index is 2.12. The summed E-state index contributed by atoms with van der Waals surface area (Å²) in [6.45, 7) is 3.50. The second-order valence-corrected chi connectivity index (χ2v) is 5.13. The molecule has 17 heavy (non-hydrogen) atoms. The lowest BCUT2D eigenvalue weighted by atomic mass is 9.84. The van der Waals surface area contributed by atoms with Gasteiger partial charge in [-0.3, -0.25) is 9.59 Å². The van der Waals surface area contributed by atoms with Crippen LogP contribution in [-0.4, -0.2) is 47.2 Å². The average molecular weight is 241 g/mol. The van der Waals surface area contributed by atoms with Crippen molar-refractivity contribution in [2.45, 2.75) is 38.1 Å². The lowest BCUT2D eigenvalue weighted by Gasteiger charge is -2.41. The van der Waals surface area contributed by atoms with Crippen LogP contribution < -0.4 is 0 Å². The van der Waals surface area contributed by atoms with Gasteiger partial charge in [0, 0.05) is 38.6 Å². The molecule has 2 rings (SSSR count). The molecule has 1 unspecified atom stereocenters. The first-order chi connectivity index (χ1) is 8.03. The Morgan fingerprint density at radius 2 is 2.06 bits per heavy atom. The van der Waals surface area contributed by atoms with Gasteiger partial charge in [0.15, 0.2) is 0 Å². The molecule has 0 aromatic rings. The highest BCUT2D eigenvalue weighted by molar-refractivity contribution is 5.75. The van der Waals surface area contributed by atoms with Crippen molar-refractivity contribution in [3.8, 4) is 0 Å². The van der Waals surface area contributed by atoms with Crippen LogP contribution in [0.1, 0.15) is 32.6 Å². The molecule has 2 aliphatic rings. The quantitative estimate of drug-likeness (QED) is 0.779. The first-order valence-corrected chi connectivity index (χ1v) is 6.11. The number of carboxylic acids is 1. The minimum absolute atomic E-state index is 0.0554. The topological polar surface area (TPSA) is 66.8 Å². The molecule has 0 aliphatic carbocycles. The van der Waals surface area contributed by atoms with Crippen LogP contribution in [-0.2, 0) is 14.3 Å².